The molecule has 0 saturated carbocycles. The first-order valence-electron chi connectivity index (χ1n) is 4.38. The van der Waals surface area contributed by atoms with Crippen molar-refractivity contribution in [3.8, 4) is 6.07 Å². The van der Waals surface area contributed by atoms with E-state index >= 15 is 0 Å². The predicted octanol–water partition coefficient (Wildman–Crippen LogP) is 3.11. The first kappa shape index (κ1) is 9.69. The summed E-state index contributed by atoms with van der Waals surface area (Å²) in [5.41, 5.74) is 1.66. The fourth-order valence-corrected chi connectivity index (χ4v) is 2.04. The van der Waals surface area contributed by atoms with Crippen LogP contribution in [-0.2, 0) is 0 Å². The molecular weight excluding hydrogens is 208 g/mol. The van der Waals surface area contributed by atoms with Crippen LogP contribution in [0.25, 0.3) is 11.6 Å². The summed E-state index contributed by atoms with van der Waals surface area (Å²) < 4.78 is 4.94. The van der Waals surface area contributed by atoms with E-state index in [0.29, 0.717) is 11.3 Å². The topological polar surface area (TPSA) is 49.8 Å². The third-order valence-corrected chi connectivity index (χ3v) is 2.97. The molecule has 0 aliphatic rings. The molecule has 2 rings (SSSR count). The number of aromatic nitrogens is 1. The molecule has 0 fully saturated rings. The molecule has 4 heteroatoms. The van der Waals surface area contributed by atoms with Crippen LogP contribution in [0.4, 0.5) is 0 Å². The van der Waals surface area contributed by atoms with E-state index in [2.05, 4.69) is 11.2 Å². The van der Waals surface area contributed by atoms with Gasteiger partial charge in [0.2, 0.25) is 0 Å². The van der Waals surface area contributed by atoms with Crippen LogP contribution in [0.5, 0.6) is 0 Å². The van der Waals surface area contributed by atoms with Crippen LogP contribution in [0, 0.1) is 18.3 Å². The Hall–Kier alpha value is -1.86. The highest BCUT2D eigenvalue weighted by atomic mass is 32.1. The summed E-state index contributed by atoms with van der Waals surface area (Å²) in [5.74, 6) is 0.505. The molecule has 2 aromatic rings. The van der Waals surface area contributed by atoms with E-state index in [9.17, 15) is 0 Å². The summed E-state index contributed by atoms with van der Waals surface area (Å²) >= 11 is 1.60. The lowest BCUT2D eigenvalue weighted by molar-refractivity contribution is 0.411. The molecule has 0 N–H and O–H groups in total. The van der Waals surface area contributed by atoms with Gasteiger partial charge in [-0.2, -0.15) is 5.26 Å². The maximum atomic E-state index is 8.99. The zero-order chi connectivity index (χ0) is 10.7. The van der Waals surface area contributed by atoms with Gasteiger partial charge in [-0.3, -0.25) is 0 Å². The molecule has 0 atom stereocenters. The molecule has 2 heterocycles. The minimum absolute atomic E-state index is 0.498. The van der Waals surface area contributed by atoms with E-state index in [1.807, 2.05) is 24.4 Å². The number of aryl methyl sites for hydroxylation is 1. The van der Waals surface area contributed by atoms with E-state index < -0.39 is 0 Å². The van der Waals surface area contributed by atoms with Crippen molar-refractivity contribution in [1.29, 1.82) is 5.26 Å². The molecule has 15 heavy (non-hydrogen) atoms. The smallest absolute Gasteiger partial charge is 0.177 e. The summed E-state index contributed by atoms with van der Waals surface area (Å²) in [6.45, 7) is 2.01. The zero-order valence-corrected chi connectivity index (χ0v) is 8.91. The SMILES string of the molecule is Cc1ccsc1C=C(C#N)c1ccno1. The lowest BCUT2D eigenvalue weighted by Gasteiger charge is -1.92. The second kappa shape index (κ2) is 4.11. The molecular formula is C11H8N2OS. The van der Waals surface area contributed by atoms with E-state index in [1.165, 1.54) is 6.20 Å². The highest BCUT2D eigenvalue weighted by Crippen LogP contribution is 2.23. The van der Waals surface area contributed by atoms with Crippen molar-refractivity contribution < 1.29 is 4.52 Å². The van der Waals surface area contributed by atoms with Gasteiger partial charge in [-0.1, -0.05) is 5.16 Å². The van der Waals surface area contributed by atoms with Gasteiger partial charge in [0.15, 0.2) is 5.76 Å². The normalized spacial score (nSPS) is 11.3. The lowest BCUT2D eigenvalue weighted by Crippen LogP contribution is -1.77. The van der Waals surface area contributed by atoms with Crippen molar-refractivity contribution in [2.75, 3.05) is 0 Å². The van der Waals surface area contributed by atoms with Crippen molar-refractivity contribution in [3.63, 3.8) is 0 Å². The van der Waals surface area contributed by atoms with Crippen molar-refractivity contribution >= 4 is 23.0 Å². The Morgan fingerprint density at radius 1 is 1.60 bits per heavy atom. The summed E-state index contributed by atoms with van der Waals surface area (Å²) in [5, 5.41) is 14.6. The van der Waals surface area contributed by atoms with Gasteiger partial charge in [0, 0.05) is 10.9 Å². The molecule has 74 valence electrons. The van der Waals surface area contributed by atoms with Gasteiger partial charge < -0.3 is 4.52 Å². The average Bonchev–Trinajstić information content (AvgIpc) is 2.86. The molecule has 0 amide bonds. The highest BCUT2D eigenvalue weighted by molar-refractivity contribution is 7.11. The first-order valence-corrected chi connectivity index (χ1v) is 5.26. The maximum Gasteiger partial charge on any atom is 0.177 e. The van der Waals surface area contributed by atoms with Gasteiger partial charge in [-0.25, -0.2) is 0 Å². The van der Waals surface area contributed by atoms with Crippen molar-refractivity contribution in [3.05, 3.63) is 39.9 Å². The molecule has 0 radical (unpaired) electrons. The molecule has 0 bridgehead atoms. The zero-order valence-electron chi connectivity index (χ0n) is 8.10. The van der Waals surface area contributed by atoms with Crippen LogP contribution in [0.2, 0.25) is 0 Å². The predicted molar refractivity (Wildman–Crippen MR) is 59.0 cm³/mol. The summed E-state index contributed by atoms with van der Waals surface area (Å²) in [6.07, 6.45) is 3.35. The Balaban J connectivity index is 2.41. The van der Waals surface area contributed by atoms with Gasteiger partial charge in [0.05, 0.1) is 11.8 Å². The Labute approximate surface area is 91.3 Å². The second-order valence-electron chi connectivity index (χ2n) is 3.01. The molecule has 2 aromatic heterocycles. The number of thiophene rings is 1. The number of hydrogen-bond donors (Lipinski definition) is 0. The lowest BCUT2D eigenvalue weighted by atomic mass is 10.2. The van der Waals surface area contributed by atoms with Crippen LogP contribution < -0.4 is 0 Å². The summed E-state index contributed by atoms with van der Waals surface area (Å²) in [6, 6.07) is 5.80. The highest BCUT2D eigenvalue weighted by Gasteiger charge is 2.06. The average molecular weight is 216 g/mol. The fourth-order valence-electron chi connectivity index (χ4n) is 1.18. The van der Waals surface area contributed by atoms with Crippen LogP contribution in [0.1, 0.15) is 16.2 Å². The fraction of sp³-hybridized carbons (Fsp3) is 0.0909. The molecule has 0 unspecified atom stereocenters. The Morgan fingerprint density at radius 2 is 2.47 bits per heavy atom. The molecule has 0 aliphatic carbocycles. The maximum absolute atomic E-state index is 8.99. The van der Waals surface area contributed by atoms with E-state index in [0.717, 1.165) is 10.4 Å². The van der Waals surface area contributed by atoms with Gasteiger partial charge in [-0.15, -0.1) is 11.3 Å². The van der Waals surface area contributed by atoms with E-state index in [-0.39, 0.29) is 0 Å². The van der Waals surface area contributed by atoms with Gasteiger partial charge in [0.1, 0.15) is 6.07 Å². The molecule has 0 saturated heterocycles. The third kappa shape index (κ3) is 1.97. The van der Waals surface area contributed by atoms with Crippen LogP contribution in [0.15, 0.2) is 28.2 Å². The quantitative estimate of drug-likeness (QED) is 0.725. The van der Waals surface area contributed by atoms with Gasteiger partial charge in [0.25, 0.3) is 0 Å². The molecule has 0 aliphatic heterocycles. The van der Waals surface area contributed by atoms with Crippen molar-refractivity contribution in [2.45, 2.75) is 6.92 Å². The number of nitriles is 1. The third-order valence-electron chi connectivity index (χ3n) is 2.00. The largest absolute Gasteiger partial charge is 0.356 e. The minimum Gasteiger partial charge on any atom is -0.356 e. The van der Waals surface area contributed by atoms with E-state index in [4.69, 9.17) is 9.78 Å². The summed E-state index contributed by atoms with van der Waals surface area (Å²) in [7, 11) is 0. The van der Waals surface area contributed by atoms with Crippen molar-refractivity contribution in [1.82, 2.24) is 5.16 Å². The van der Waals surface area contributed by atoms with Crippen molar-refractivity contribution in [2.24, 2.45) is 0 Å². The van der Waals surface area contributed by atoms with Gasteiger partial charge in [-0.05, 0) is 30.0 Å². The van der Waals surface area contributed by atoms with Gasteiger partial charge >= 0.3 is 0 Å². The number of nitrogens with zero attached hydrogens (tertiary/aromatic N) is 2. The number of allylic oxidation sites excluding steroid dienone is 1. The standard InChI is InChI=1S/C11H8N2OS/c1-8-3-5-15-11(8)6-9(7-12)10-2-4-13-14-10/h2-6H,1H3. The first-order chi connectivity index (χ1) is 7.31. The molecule has 0 aromatic carbocycles. The Morgan fingerprint density at radius 3 is 3.00 bits per heavy atom. The van der Waals surface area contributed by atoms with Crippen LogP contribution >= 0.6 is 11.3 Å². The Bertz CT molecular complexity index is 517. The second-order valence-corrected chi connectivity index (χ2v) is 3.96. The molecule has 3 nitrogen and oxygen atoms in total. The monoisotopic (exact) mass is 216 g/mol. The van der Waals surface area contributed by atoms with Crippen LogP contribution in [0.3, 0.4) is 0 Å². The number of hydrogen-bond acceptors (Lipinski definition) is 4. The molecule has 0 spiro atoms. The summed E-state index contributed by atoms with van der Waals surface area (Å²) in [4.78, 5) is 1.07. The van der Waals surface area contributed by atoms with E-state index in [1.54, 1.807) is 17.4 Å². The Kier molecular flexibility index (Phi) is 2.66. The number of rotatable bonds is 2. The minimum atomic E-state index is 0.498. The van der Waals surface area contributed by atoms with Crippen LogP contribution in [-0.4, -0.2) is 5.16 Å².